The van der Waals surface area contributed by atoms with Crippen LogP contribution in [0, 0.1) is 0 Å². The fourth-order valence-electron chi connectivity index (χ4n) is 1.66. The Bertz CT molecular complexity index is 563. The third-order valence-corrected chi connectivity index (χ3v) is 4.98. The summed E-state index contributed by atoms with van der Waals surface area (Å²) in [7, 11) is 0. The summed E-state index contributed by atoms with van der Waals surface area (Å²) in [6.45, 7) is 3.58. The van der Waals surface area contributed by atoms with E-state index in [4.69, 9.17) is 27.9 Å². The topological polar surface area (TPSA) is 21.3 Å². The van der Waals surface area contributed by atoms with Crippen LogP contribution in [0.4, 0.5) is 0 Å². The third kappa shape index (κ3) is 4.64. The van der Waals surface area contributed by atoms with E-state index in [-0.39, 0.29) is 6.10 Å². The summed E-state index contributed by atoms with van der Waals surface area (Å²) >= 11 is 17.2. The van der Waals surface area contributed by atoms with Crippen LogP contribution in [-0.2, 0) is 6.54 Å². The standard InChI is InChI=1S/C14H14BrCl2NOS/c1-9(7-18-8-10-3-2-4-20-10)19-14-6-12(16)11(15)5-13(14)17/h2-6,9,18H,7-8H2,1H3. The highest BCUT2D eigenvalue weighted by Gasteiger charge is 2.10. The summed E-state index contributed by atoms with van der Waals surface area (Å²) in [5, 5.41) is 6.56. The lowest BCUT2D eigenvalue weighted by Gasteiger charge is -2.16. The quantitative estimate of drug-likeness (QED) is 0.664. The Morgan fingerprint density at radius 1 is 1.35 bits per heavy atom. The van der Waals surface area contributed by atoms with Gasteiger partial charge in [0.05, 0.1) is 10.0 Å². The summed E-state index contributed by atoms with van der Waals surface area (Å²) in [6.07, 6.45) is 0.00436. The molecule has 0 radical (unpaired) electrons. The largest absolute Gasteiger partial charge is 0.488 e. The van der Waals surface area contributed by atoms with Gasteiger partial charge in [-0.05, 0) is 40.4 Å². The molecule has 0 aliphatic carbocycles. The zero-order valence-electron chi connectivity index (χ0n) is 10.8. The van der Waals surface area contributed by atoms with E-state index in [1.165, 1.54) is 4.88 Å². The van der Waals surface area contributed by atoms with Crippen molar-refractivity contribution in [3.05, 3.63) is 49.0 Å². The second-order valence-electron chi connectivity index (χ2n) is 4.34. The van der Waals surface area contributed by atoms with Crippen molar-refractivity contribution >= 4 is 50.5 Å². The van der Waals surface area contributed by atoms with Crippen LogP contribution in [0.1, 0.15) is 11.8 Å². The Hall–Kier alpha value is -0.260. The van der Waals surface area contributed by atoms with Crippen molar-refractivity contribution in [3.8, 4) is 5.75 Å². The molecule has 0 bridgehead atoms. The Balaban J connectivity index is 1.85. The summed E-state index contributed by atoms with van der Waals surface area (Å²) in [5.41, 5.74) is 0. The van der Waals surface area contributed by atoms with E-state index >= 15 is 0 Å². The lowest BCUT2D eigenvalue weighted by atomic mass is 10.3. The van der Waals surface area contributed by atoms with Gasteiger partial charge in [-0.3, -0.25) is 0 Å². The average molecular weight is 395 g/mol. The van der Waals surface area contributed by atoms with Gasteiger partial charge in [0.2, 0.25) is 0 Å². The number of halogens is 3. The van der Waals surface area contributed by atoms with Crippen LogP contribution in [0.15, 0.2) is 34.1 Å². The average Bonchev–Trinajstić information content (AvgIpc) is 2.89. The molecule has 0 spiro atoms. The fourth-order valence-corrected chi connectivity index (χ4v) is 3.18. The normalized spacial score (nSPS) is 12.4. The minimum Gasteiger partial charge on any atom is -0.488 e. The van der Waals surface area contributed by atoms with Crippen LogP contribution in [-0.4, -0.2) is 12.6 Å². The smallest absolute Gasteiger partial charge is 0.139 e. The molecule has 2 aromatic rings. The summed E-state index contributed by atoms with van der Waals surface area (Å²) in [6, 6.07) is 7.62. The Morgan fingerprint density at radius 3 is 2.85 bits per heavy atom. The van der Waals surface area contributed by atoms with Crippen LogP contribution in [0.25, 0.3) is 0 Å². The van der Waals surface area contributed by atoms with Gasteiger partial charge in [-0.15, -0.1) is 11.3 Å². The first-order valence-electron chi connectivity index (χ1n) is 6.10. The van der Waals surface area contributed by atoms with Crippen LogP contribution >= 0.6 is 50.5 Å². The molecule has 2 rings (SSSR count). The van der Waals surface area contributed by atoms with E-state index in [1.54, 1.807) is 23.5 Å². The van der Waals surface area contributed by atoms with Crippen LogP contribution in [0.5, 0.6) is 5.75 Å². The van der Waals surface area contributed by atoms with Gasteiger partial charge in [0.15, 0.2) is 0 Å². The van der Waals surface area contributed by atoms with E-state index in [0.717, 1.165) is 17.6 Å². The molecule has 2 nitrogen and oxygen atoms in total. The Morgan fingerprint density at radius 2 is 2.15 bits per heavy atom. The Labute approximate surface area is 141 Å². The molecule has 6 heteroatoms. The predicted molar refractivity (Wildman–Crippen MR) is 90.3 cm³/mol. The first-order chi connectivity index (χ1) is 9.56. The highest BCUT2D eigenvalue weighted by atomic mass is 79.9. The maximum absolute atomic E-state index is 6.13. The molecule has 1 heterocycles. The van der Waals surface area contributed by atoms with E-state index in [1.807, 2.05) is 13.0 Å². The molecular formula is C14H14BrCl2NOS. The third-order valence-electron chi connectivity index (χ3n) is 2.61. The van der Waals surface area contributed by atoms with Crippen molar-refractivity contribution in [1.82, 2.24) is 5.32 Å². The van der Waals surface area contributed by atoms with Crippen molar-refractivity contribution in [1.29, 1.82) is 0 Å². The lowest BCUT2D eigenvalue weighted by Crippen LogP contribution is -2.28. The molecule has 0 saturated carbocycles. The molecular weight excluding hydrogens is 381 g/mol. The minimum atomic E-state index is 0.00436. The first kappa shape index (κ1) is 16.1. The summed E-state index contributed by atoms with van der Waals surface area (Å²) in [4.78, 5) is 1.31. The van der Waals surface area contributed by atoms with Gasteiger partial charge in [0, 0.05) is 28.5 Å². The zero-order valence-corrected chi connectivity index (χ0v) is 14.7. The number of ether oxygens (including phenoxy) is 1. The number of rotatable bonds is 6. The number of benzene rings is 1. The van der Waals surface area contributed by atoms with Gasteiger partial charge in [0.25, 0.3) is 0 Å². The van der Waals surface area contributed by atoms with Gasteiger partial charge in [-0.2, -0.15) is 0 Å². The highest BCUT2D eigenvalue weighted by Crippen LogP contribution is 2.34. The van der Waals surface area contributed by atoms with Crippen LogP contribution in [0.2, 0.25) is 10.0 Å². The van der Waals surface area contributed by atoms with Crippen molar-refractivity contribution in [3.63, 3.8) is 0 Å². The first-order valence-corrected chi connectivity index (χ1v) is 8.53. The second kappa shape index (κ2) is 7.66. The molecule has 1 unspecified atom stereocenters. The maximum Gasteiger partial charge on any atom is 0.139 e. The molecule has 0 amide bonds. The molecule has 20 heavy (non-hydrogen) atoms. The SMILES string of the molecule is CC(CNCc1cccs1)Oc1cc(Cl)c(Br)cc1Cl. The molecule has 1 aromatic heterocycles. The molecule has 0 saturated heterocycles. The number of hydrogen-bond acceptors (Lipinski definition) is 3. The summed E-state index contributed by atoms with van der Waals surface area (Å²) < 4.78 is 6.57. The van der Waals surface area contributed by atoms with E-state index in [0.29, 0.717) is 15.8 Å². The van der Waals surface area contributed by atoms with Crippen molar-refractivity contribution < 1.29 is 4.74 Å². The predicted octanol–water partition coefficient (Wildman–Crippen LogP) is 5.37. The number of nitrogens with one attached hydrogen (secondary N) is 1. The van der Waals surface area contributed by atoms with Gasteiger partial charge in [-0.1, -0.05) is 29.3 Å². The van der Waals surface area contributed by atoms with Crippen molar-refractivity contribution in [2.75, 3.05) is 6.54 Å². The number of hydrogen-bond donors (Lipinski definition) is 1. The van der Waals surface area contributed by atoms with Crippen molar-refractivity contribution in [2.24, 2.45) is 0 Å². The van der Waals surface area contributed by atoms with Gasteiger partial charge >= 0.3 is 0 Å². The highest BCUT2D eigenvalue weighted by molar-refractivity contribution is 9.10. The van der Waals surface area contributed by atoms with E-state index in [9.17, 15) is 0 Å². The molecule has 1 atom stereocenters. The Kier molecular flexibility index (Phi) is 6.18. The maximum atomic E-state index is 6.13. The molecule has 1 aromatic carbocycles. The monoisotopic (exact) mass is 393 g/mol. The molecule has 0 aliphatic heterocycles. The molecule has 1 N–H and O–H groups in total. The molecule has 108 valence electrons. The minimum absolute atomic E-state index is 0.00436. The van der Waals surface area contributed by atoms with Gasteiger partial charge in [-0.25, -0.2) is 0 Å². The number of thiophene rings is 1. The van der Waals surface area contributed by atoms with E-state index < -0.39 is 0 Å². The van der Waals surface area contributed by atoms with Crippen LogP contribution in [0.3, 0.4) is 0 Å². The lowest BCUT2D eigenvalue weighted by molar-refractivity contribution is 0.217. The summed E-state index contributed by atoms with van der Waals surface area (Å²) in [5.74, 6) is 0.602. The zero-order chi connectivity index (χ0) is 14.5. The van der Waals surface area contributed by atoms with Gasteiger partial charge in [0.1, 0.15) is 11.9 Å². The second-order valence-corrected chi connectivity index (χ2v) is 7.04. The molecule has 0 aliphatic rings. The van der Waals surface area contributed by atoms with Gasteiger partial charge < -0.3 is 10.1 Å². The van der Waals surface area contributed by atoms with Crippen LogP contribution < -0.4 is 10.1 Å². The van der Waals surface area contributed by atoms with E-state index in [2.05, 4.69) is 32.7 Å². The van der Waals surface area contributed by atoms with Crippen molar-refractivity contribution in [2.45, 2.75) is 19.6 Å². The fraction of sp³-hybridized carbons (Fsp3) is 0.286. The molecule has 0 fully saturated rings.